The van der Waals surface area contributed by atoms with Gasteiger partial charge in [-0.05, 0) is 19.2 Å². The number of hydrogen-bond acceptors (Lipinski definition) is 5. The summed E-state index contributed by atoms with van der Waals surface area (Å²) in [7, 11) is 2.00. The van der Waals surface area contributed by atoms with Crippen LogP contribution in [0, 0.1) is 0 Å². The van der Waals surface area contributed by atoms with Crippen molar-refractivity contribution in [3.63, 3.8) is 0 Å². The first-order valence-electron chi connectivity index (χ1n) is 8.20. The van der Waals surface area contributed by atoms with Gasteiger partial charge in [0.2, 0.25) is 5.95 Å². The SMILES string of the molecule is CN1CCN(c2nc3ccc(C(F)(F)C(F)(F)F)cc3c3ncnn23)CC1. The number of benzene rings is 1. The first-order chi connectivity index (χ1) is 12.7. The monoisotopic (exact) mass is 386 g/mol. The number of alkyl halides is 5. The molecule has 1 aliphatic heterocycles. The van der Waals surface area contributed by atoms with Crippen LogP contribution in [0.1, 0.15) is 5.56 Å². The molecule has 27 heavy (non-hydrogen) atoms. The zero-order chi connectivity index (χ0) is 19.4. The minimum Gasteiger partial charge on any atom is -0.338 e. The van der Waals surface area contributed by atoms with Crippen molar-refractivity contribution in [2.45, 2.75) is 12.1 Å². The lowest BCUT2D eigenvalue weighted by Crippen LogP contribution is -2.45. The van der Waals surface area contributed by atoms with Gasteiger partial charge in [0.1, 0.15) is 6.33 Å². The Morgan fingerprint density at radius 1 is 1.00 bits per heavy atom. The molecule has 0 saturated carbocycles. The van der Waals surface area contributed by atoms with Gasteiger partial charge >= 0.3 is 12.1 Å². The fraction of sp³-hybridized carbons (Fsp3) is 0.438. The maximum Gasteiger partial charge on any atom is 0.458 e. The Bertz CT molecular complexity index is 990. The van der Waals surface area contributed by atoms with E-state index < -0.39 is 17.7 Å². The van der Waals surface area contributed by atoms with E-state index in [2.05, 4.69) is 20.0 Å². The van der Waals surface area contributed by atoms with Crippen molar-refractivity contribution < 1.29 is 22.0 Å². The number of rotatable bonds is 2. The lowest BCUT2D eigenvalue weighted by atomic mass is 10.1. The van der Waals surface area contributed by atoms with Gasteiger partial charge in [0.15, 0.2) is 5.65 Å². The summed E-state index contributed by atoms with van der Waals surface area (Å²) in [4.78, 5) is 12.6. The summed E-state index contributed by atoms with van der Waals surface area (Å²) in [5.41, 5.74) is -0.679. The quantitative estimate of drug-likeness (QED) is 0.634. The van der Waals surface area contributed by atoms with Gasteiger partial charge in [0.25, 0.3) is 0 Å². The van der Waals surface area contributed by atoms with Crippen LogP contribution in [-0.2, 0) is 5.92 Å². The first-order valence-corrected chi connectivity index (χ1v) is 8.20. The van der Waals surface area contributed by atoms with Gasteiger partial charge in [0, 0.05) is 37.1 Å². The molecule has 0 N–H and O–H groups in total. The van der Waals surface area contributed by atoms with Crippen molar-refractivity contribution in [2.24, 2.45) is 0 Å². The minimum atomic E-state index is -5.68. The van der Waals surface area contributed by atoms with Gasteiger partial charge in [-0.15, -0.1) is 0 Å². The molecule has 0 atom stereocenters. The molecule has 3 heterocycles. The standard InChI is InChI=1S/C16H15F5N6/c1-25-4-6-26(7-5-25)14-24-12-3-2-10(15(17,18)16(19,20)21)8-11(12)13-22-9-23-27(13)14/h2-3,8-9H,4-7H2,1H3. The molecule has 0 amide bonds. The summed E-state index contributed by atoms with van der Waals surface area (Å²) in [6, 6.07) is 2.70. The fourth-order valence-corrected chi connectivity index (χ4v) is 3.11. The maximum atomic E-state index is 13.7. The molecule has 1 aromatic carbocycles. The second-order valence-corrected chi connectivity index (χ2v) is 6.50. The average Bonchev–Trinajstić information content (AvgIpc) is 3.10. The molecule has 2 aromatic heterocycles. The molecule has 0 bridgehead atoms. The van der Waals surface area contributed by atoms with E-state index in [9.17, 15) is 22.0 Å². The third kappa shape index (κ3) is 2.85. The van der Waals surface area contributed by atoms with Crippen LogP contribution >= 0.6 is 0 Å². The Hall–Kier alpha value is -2.56. The fourth-order valence-electron chi connectivity index (χ4n) is 3.11. The second-order valence-electron chi connectivity index (χ2n) is 6.50. The van der Waals surface area contributed by atoms with E-state index in [4.69, 9.17) is 0 Å². The molecule has 1 fully saturated rings. The molecule has 144 valence electrons. The van der Waals surface area contributed by atoms with Gasteiger partial charge in [-0.1, -0.05) is 6.07 Å². The van der Waals surface area contributed by atoms with Crippen molar-refractivity contribution in [3.05, 3.63) is 30.1 Å². The smallest absolute Gasteiger partial charge is 0.338 e. The van der Waals surface area contributed by atoms with Crippen molar-refractivity contribution in [2.75, 3.05) is 38.1 Å². The van der Waals surface area contributed by atoms with Crippen LogP contribution in [0.4, 0.5) is 27.9 Å². The Balaban J connectivity index is 1.86. The second kappa shape index (κ2) is 5.98. The number of nitrogens with zero attached hydrogens (tertiary/aromatic N) is 6. The predicted molar refractivity (Wildman–Crippen MR) is 87.9 cm³/mol. The third-order valence-corrected chi connectivity index (χ3v) is 4.70. The summed E-state index contributed by atoms with van der Waals surface area (Å²) < 4.78 is 66.9. The average molecular weight is 386 g/mol. The Kier molecular flexibility index (Phi) is 3.95. The molecule has 1 saturated heterocycles. The molecule has 0 unspecified atom stereocenters. The number of fused-ring (bicyclic) bond motifs is 3. The molecule has 0 aliphatic carbocycles. The summed E-state index contributed by atoms with van der Waals surface area (Å²) in [6.45, 7) is 3.00. The van der Waals surface area contributed by atoms with Crippen molar-refractivity contribution >= 4 is 22.5 Å². The van der Waals surface area contributed by atoms with Crippen molar-refractivity contribution in [1.82, 2.24) is 24.5 Å². The molecule has 11 heteroatoms. The molecule has 1 aliphatic rings. The van der Waals surface area contributed by atoms with E-state index >= 15 is 0 Å². The zero-order valence-corrected chi connectivity index (χ0v) is 14.2. The van der Waals surface area contributed by atoms with Crippen LogP contribution in [-0.4, -0.2) is 63.9 Å². The van der Waals surface area contributed by atoms with Crippen LogP contribution in [0.2, 0.25) is 0 Å². The minimum absolute atomic E-state index is 0.0896. The third-order valence-electron chi connectivity index (χ3n) is 4.70. The molecule has 4 rings (SSSR count). The Morgan fingerprint density at radius 3 is 2.37 bits per heavy atom. The van der Waals surface area contributed by atoms with Gasteiger partial charge in [-0.2, -0.15) is 31.6 Å². The Labute approximate surface area is 150 Å². The lowest BCUT2D eigenvalue weighted by Gasteiger charge is -2.33. The molecule has 3 aromatic rings. The lowest BCUT2D eigenvalue weighted by molar-refractivity contribution is -0.289. The van der Waals surface area contributed by atoms with E-state index in [-0.39, 0.29) is 16.6 Å². The van der Waals surface area contributed by atoms with Crippen LogP contribution in [0.5, 0.6) is 0 Å². The van der Waals surface area contributed by atoms with E-state index in [1.54, 1.807) is 0 Å². The van der Waals surface area contributed by atoms with Crippen LogP contribution < -0.4 is 4.90 Å². The highest BCUT2D eigenvalue weighted by molar-refractivity contribution is 5.92. The van der Waals surface area contributed by atoms with Crippen LogP contribution in [0.3, 0.4) is 0 Å². The summed E-state index contributed by atoms with van der Waals surface area (Å²) in [6.07, 6.45) is -4.46. The molecular formula is C16H15F5N6. The largest absolute Gasteiger partial charge is 0.458 e. The van der Waals surface area contributed by atoms with Gasteiger partial charge in [-0.3, -0.25) is 0 Å². The highest BCUT2D eigenvalue weighted by Gasteiger charge is 2.58. The van der Waals surface area contributed by atoms with E-state index in [0.29, 0.717) is 19.0 Å². The molecule has 0 radical (unpaired) electrons. The number of aromatic nitrogens is 4. The molecule has 0 spiro atoms. The Morgan fingerprint density at radius 2 is 1.70 bits per heavy atom. The highest BCUT2D eigenvalue weighted by atomic mass is 19.4. The molecular weight excluding hydrogens is 371 g/mol. The predicted octanol–water partition coefficient (Wildman–Crippen LogP) is 2.68. The van der Waals surface area contributed by atoms with E-state index in [1.807, 2.05) is 11.9 Å². The van der Waals surface area contributed by atoms with Crippen LogP contribution in [0.15, 0.2) is 24.5 Å². The van der Waals surface area contributed by atoms with Crippen LogP contribution in [0.25, 0.3) is 16.6 Å². The van der Waals surface area contributed by atoms with E-state index in [0.717, 1.165) is 25.2 Å². The number of likely N-dealkylation sites (N-methyl/N-ethyl adjacent to an activating group) is 1. The maximum absolute atomic E-state index is 13.7. The van der Waals surface area contributed by atoms with Gasteiger partial charge in [-0.25, -0.2) is 9.97 Å². The topological polar surface area (TPSA) is 49.6 Å². The number of hydrogen-bond donors (Lipinski definition) is 0. The normalized spacial score (nSPS) is 17.2. The number of piperazine rings is 1. The highest BCUT2D eigenvalue weighted by Crippen LogP contribution is 2.44. The molecule has 6 nitrogen and oxygen atoms in total. The van der Waals surface area contributed by atoms with Gasteiger partial charge < -0.3 is 9.80 Å². The number of anilines is 1. The summed E-state index contributed by atoms with van der Waals surface area (Å²) >= 11 is 0. The van der Waals surface area contributed by atoms with Crippen molar-refractivity contribution in [1.29, 1.82) is 0 Å². The van der Waals surface area contributed by atoms with Crippen molar-refractivity contribution in [3.8, 4) is 0 Å². The summed E-state index contributed by atoms with van der Waals surface area (Å²) in [5.74, 6) is -4.48. The summed E-state index contributed by atoms with van der Waals surface area (Å²) in [5, 5.41) is 4.17. The first kappa shape index (κ1) is 17.8. The zero-order valence-electron chi connectivity index (χ0n) is 14.2. The number of halogens is 5. The van der Waals surface area contributed by atoms with E-state index in [1.165, 1.54) is 16.9 Å². The van der Waals surface area contributed by atoms with Gasteiger partial charge in [0.05, 0.1) is 5.52 Å².